The minimum atomic E-state index is -0.0314. The van der Waals surface area contributed by atoms with Crippen molar-refractivity contribution in [1.82, 2.24) is 9.55 Å². The van der Waals surface area contributed by atoms with Gasteiger partial charge in [-0.25, -0.2) is 4.98 Å². The van der Waals surface area contributed by atoms with E-state index in [9.17, 15) is 4.79 Å². The van der Waals surface area contributed by atoms with Crippen molar-refractivity contribution in [3.05, 3.63) is 38.9 Å². The van der Waals surface area contributed by atoms with E-state index in [1.54, 1.807) is 17.7 Å². The Hall–Kier alpha value is -1.20. The molecule has 1 aromatic heterocycles. The van der Waals surface area contributed by atoms with Gasteiger partial charge in [0.1, 0.15) is 11.9 Å². The first-order chi connectivity index (χ1) is 8.16. The van der Waals surface area contributed by atoms with Crippen molar-refractivity contribution in [3.8, 4) is 0 Å². The molecule has 1 atom stereocenters. The summed E-state index contributed by atoms with van der Waals surface area (Å²) in [7, 11) is 1.74. The van der Waals surface area contributed by atoms with E-state index in [-0.39, 0.29) is 11.7 Å². The molecule has 3 rings (SSSR count). The van der Waals surface area contributed by atoms with Crippen molar-refractivity contribution >= 4 is 26.8 Å². The van der Waals surface area contributed by atoms with Crippen LogP contribution in [0.1, 0.15) is 18.3 Å². The summed E-state index contributed by atoms with van der Waals surface area (Å²) >= 11 is 3.39. The van der Waals surface area contributed by atoms with Gasteiger partial charge in [0.2, 0.25) is 0 Å². The Morgan fingerprint density at radius 3 is 2.94 bits per heavy atom. The van der Waals surface area contributed by atoms with Gasteiger partial charge in [0.05, 0.1) is 17.5 Å². The van der Waals surface area contributed by atoms with E-state index in [2.05, 4.69) is 20.9 Å². The first-order valence-corrected chi connectivity index (χ1v) is 6.24. The summed E-state index contributed by atoms with van der Waals surface area (Å²) in [4.78, 5) is 16.7. The van der Waals surface area contributed by atoms with Crippen molar-refractivity contribution < 1.29 is 4.74 Å². The Kier molecular flexibility index (Phi) is 2.52. The van der Waals surface area contributed by atoms with Crippen molar-refractivity contribution in [2.45, 2.75) is 12.5 Å². The van der Waals surface area contributed by atoms with Crippen LogP contribution in [0.25, 0.3) is 10.9 Å². The number of fused-ring (bicyclic) bond motifs is 1. The zero-order chi connectivity index (χ0) is 12.0. The van der Waals surface area contributed by atoms with E-state index >= 15 is 0 Å². The maximum Gasteiger partial charge on any atom is 0.261 e. The SMILES string of the molecule is Cn1c(C2CCO2)nc2cc(Br)ccc2c1=O. The molecule has 2 aromatic rings. The number of nitrogens with zero attached hydrogens (tertiary/aromatic N) is 2. The zero-order valence-electron chi connectivity index (χ0n) is 9.31. The summed E-state index contributed by atoms with van der Waals surface area (Å²) < 4.78 is 7.90. The maximum absolute atomic E-state index is 12.2. The van der Waals surface area contributed by atoms with Crippen LogP contribution in [0, 0.1) is 0 Å². The molecule has 4 nitrogen and oxygen atoms in total. The molecule has 0 amide bonds. The zero-order valence-corrected chi connectivity index (χ0v) is 10.9. The first-order valence-electron chi connectivity index (χ1n) is 5.44. The Bertz CT molecular complexity index is 647. The smallest absolute Gasteiger partial charge is 0.261 e. The molecule has 1 aliphatic rings. The van der Waals surface area contributed by atoms with Crippen LogP contribution in [0.5, 0.6) is 0 Å². The van der Waals surface area contributed by atoms with E-state index in [4.69, 9.17) is 4.74 Å². The van der Waals surface area contributed by atoms with Crippen LogP contribution in [0.3, 0.4) is 0 Å². The normalized spacial score (nSPS) is 19.3. The molecule has 0 spiro atoms. The Morgan fingerprint density at radius 1 is 1.53 bits per heavy atom. The van der Waals surface area contributed by atoms with Crippen LogP contribution in [-0.2, 0) is 11.8 Å². The quantitative estimate of drug-likeness (QED) is 0.810. The average Bonchev–Trinajstić information content (AvgIpc) is 2.22. The highest BCUT2D eigenvalue weighted by molar-refractivity contribution is 9.10. The largest absolute Gasteiger partial charge is 0.370 e. The van der Waals surface area contributed by atoms with Gasteiger partial charge in [-0.2, -0.15) is 0 Å². The lowest BCUT2D eigenvalue weighted by atomic mass is 10.1. The molecule has 1 fully saturated rings. The standard InChI is InChI=1S/C12H11BrN2O2/c1-15-11(10-4-5-17-10)14-9-6-7(13)2-3-8(9)12(15)16/h2-3,6,10H,4-5H2,1H3. The molecule has 88 valence electrons. The predicted octanol–water partition coefficient (Wildman–Crippen LogP) is 2.16. The molecular weight excluding hydrogens is 284 g/mol. The highest BCUT2D eigenvalue weighted by Gasteiger charge is 2.25. The van der Waals surface area contributed by atoms with Crippen molar-refractivity contribution in [1.29, 1.82) is 0 Å². The summed E-state index contributed by atoms with van der Waals surface area (Å²) in [6, 6.07) is 5.50. The van der Waals surface area contributed by atoms with E-state index in [1.165, 1.54) is 0 Å². The summed E-state index contributed by atoms with van der Waals surface area (Å²) in [5.74, 6) is 0.715. The van der Waals surface area contributed by atoms with E-state index < -0.39 is 0 Å². The fraction of sp³-hybridized carbons (Fsp3) is 0.333. The second kappa shape index (κ2) is 3.92. The van der Waals surface area contributed by atoms with Crippen LogP contribution in [-0.4, -0.2) is 16.2 Å². The fourth-order valence-corrected chi connectivity index (χ4v) is 2.34. The van der Waals surface area contributed by atoms with Gasteiger partial charge in [0.25, 0.3) is 5.56 Å². The van der Waals surface area contributed by atoms with Gasteiger partial charge in [-0.15, -0.1) is 0 Å². The van der Waals surface area contributed by atoms with E-state index in [0.717, 1.165) is 17.5 Å². The molecule has 17 heavy (non-hydrogen) atoms. The molecule has 0 aliphatic carbocycles. The van der Waals surface area contributed by atoms with Crippen molar-refractivity contribution in [3.63, 3.8) is 0 Å². The molecule has 1 aliphatic heterocycles. The lowest BCUT2D eigenvalue weighted by Crippen LogP contribution is -2.29. The minimum Gasteiger partial charge on any atom is -0.370 e. The highest BCUT2D eigenvalue weighted by atomic mass is 79.9. The predicted molar refractivity (Wildman–Crippen MR) is 68.0 cm³/mol. The highest BCUT2D eigenvalue weighted by Crippen LogP contribution is 2.28. The molecule has 1 saturated heterocycles. The number of aromatic nitrogens is 2. The second-order valence-electron chi connectivity index (χ2n) is 4.14. The number of halogens is 1. The molecular formula is C12H11BrN2O2. The van der Waals surface area contributed by atoms with Crippen LogP contribution in [0.15, 0.2) is 27.5 Å². The Labute approximate surface area is 106 Å². The van der Waals surface area contributed by atoms with Gasteiger partial charge < -0.3 is 4.74 Å². The molecule has 0 radical (unpaired) electrons. The Morgan fingerprint density at radius 2 is 2.29 bits per heavy atom. The monoisotopic (exact) mass is 294 g/mol. The fourth-order valence-electron chi connectivity index (χ4n) is 1.99. The van der Waals surface area contributed by atoms with Crippen LogP contribution < -0.4 is 5.56 Å². The summed E-state index contributed by atoms with van der Waals surface area (Å²) in [6.45, 7) is 0.747. The van der Waals surface area contributed by atoms with Gasteiger partial charge in [0, 0.05) is 17.9 Å². The van der Waals surface area contributed by atoms with Crippen LogP contribution in [0.4, 0.5) is 0 Å². The molecule has 5 heteroatoms. The van der Waals surface area contributed by atoms with Gasteiger partial charge in [-0.1, -0.05) is 15.9 Å². The number of hydrogen-bond donors (Lipinski definition) is 0. The summed E-state index contributed by atoms with van der Waals surface area (Å²) in [6.07, 6.45) is 0.899. The maximum atomic E-state index is 12.2. The topological polar surface area (TPSA) is 44.1 Å². The minimum absolute atomic E-state index is 0.0204. The third kappa shape index (κ3) is 1.70. The summed E-state index contributed by atoms with van der Waals surface area (Å²) in [5.41, 5.74) is 0.695. The van der Waals surface area contributed by atoms with Gasteiger partial charge in [-0.3, -0.25) is 9.36 Å². The molecule has 2 heterocycles. The van der Waals surface area contributed by atoms with Crippen LogP contribution >= 0.6 is 15.9 Å². The number of ether oxygens (including phenoxy) is 1. The lowest BCUT2D eigenvalue weighted by Gasteiger charge is -2.27. The number of rotatable bonds is 1. The molecule has 0 saturated carbocycles. The lowest BCUT2D eigenvalue weighted by molar-refractivity contribution is -0.0599. The third-order valence-electron chi connectivity index (χ3n) is 3.06. The number of hydrogen-bond acceptors (Lipinski definition) is 3. The third-order valence-corrected chi connectivity index (χ3v) is 3.55. The van der Waals surface area contributed by atoms with Crippen LogP contribution in [0.2, 0.25) is 0 Å². The van der Waals surface area contributed by atoms with Gasteiger partial charge in [-0.05, 0) is 18.2 Å². The first kappa shape index (κ1) is 10.9. The van der Waals surface area contributed by atoms with E-state index in [0.29, 0.717) is 16.7 Å². The molecule has 0 N–H and O–H groups in total. The van der Waals surface area contributed by atoms with Gasteiger partial charge in [0.15, 0.2) is 0 Å². The molecule has 1 aromatic carbocycles. The van der Waals surface area contributed by atoms with E-state index in [1.807, 2.05) is 12.1 Å². The summed E-state index contributed by atoms with van der Waals surface area (Å²) in [5, 5.41) is 0.638. The number of benzene rings is 1. The molecule has 0 bridgehead atoms. The molecule has 1 unspecified atom stereocenters. The average molecular weight is 295 g/mol. The van der Waals surface area contributed by atoms with Gasteiger partial charge >= 0.3 is 0 Å². The van der Waals surface area contributed by atoms with Crippen molar-refractivity contribution in [2.75, 3.05) is 6.61 Å². The Balaban J connectivity index is 2.30. The second-order valence-corrected chi connectivity index (χ2v) is 5.06. The van der Waals surface area contributed by atoms with Crippen molar-refractivity contribution in [2.24, 2.45) is 7.05 Å².